The fourth-order valence-corrected chi connectivity index (χ4v) is 5.10. The first-order valence-corrected chi connectivity index (χ1v) is 12.0. The Hall–Kier alpha value is -2.66. The summed E-state index contributed by atoms with van der Waals surface area (Å²) in [5.41, 5.74) is 4.55. The number of ether oxygens (including phenoxy) is 1. The summed E-state index contributed by atoms with van der Waals surface area (Å²) >= 11 is 0. The first kappa shape index (κ1) is 22.5. The van der Waals surface area contributed by atoms with Crippen LogP contribution in [0.5, 0.6) is 5.75 Å². The molecule has 4 rings (SSSR count). The lowest BCUT2D eigenvalue weighted by Crippen LogP contribution is -2.44. The molecule has 1 atom stereocenters. The highest BCUT2D eigenvalue weighted by Crippen LogP contribution is 2.43. The van der Waals surface area contributed by atoms with E-state index in [1.165, 1.54) is 17.5 Å². The quantitative estimate of drug-likeness (QED) is 0.551. The van der Waals surface area contributed by atoms with E-state index in [-0.39, 0.29) is 17.2 Å². The lowest BCUT2D eigenvalue weighted by molar-refractivity contribution is 0.0977. The van der Waals surface area contributed by atoms with Gasteiger partial charge in [0, 0.05) is 29.8 Å². The standard InChI is InChI=1S/C27H34N2O3/c1-4-7-24(30)22-17-20(9-11-25(22)32-16-5-2)26(31)28-21-10-8-19-12-15-29-14-6-13-27(29,3)23(19)18-21/h8-11,17-18H,4-7,12-16H2,1-3H3,(H,28,31). The maximum Gasteiger partial charge on any atom is 0.255 e. The summed E-state index contributed by atoms with van der Waals surface area (Å²) in [5.74, 6) is 0.364. The van der Waals surface area contributed by atoms with Crippen molar-refractivity contribution in [1.82, 2.24) is 4.90 Å². The minimum atomic E-state index is -0.207. The van der Waals surface area contributed by atoms with Crippen molar-refractivity contribution in [3.05, 3.63) is 58.7 Å². The van der Waals surface area contributed by atoms with Crippen LogP contribution in [-0.4, -0.2) is 36.3 Å². The van der Waals surface area contributed by atoms with Crippen molar-refractivity contribution >= 4 is 17.4 Å². The number of fused-ring (bicyclic) bond motifs is 3. The average Bonchev–Trinajstić information content (AvgIpc) is 3.19. The summed E-state index contributed by atoms with van der Waals surface area (Å²) < 4.78 is 5.76. The first-order chi connectivity index (χ1) is 15.5. The van der Waals surface area contributed by atoms with Crippen LogP contribution in [-0.2, 0) is 12.0 Å². The van der Waals surface area contributed by atoms with Crippen molar-refractivity contribution in [3.8, 4) is 5.75 Å². The largest absolute Gasteiger partial charge is 0.493 e. The van der Waals surface area contributed by atoms with Crippen LogP contribution in [0, 0.1) is 0 Å². The molecular formula is C27H34N2O3. The first-order valence-electron chi connectivity index (χ1n) is 12.0. The highest BCUT2D eigenvalue weighted by molar-refractivity contribution is 6.07. The number of Topliss-reactive ketones (excluding diaryl/α,β-unsaturated/α-hetero) is 1. The summed E-state index contributed by atoms with van der Waals surface area (Å²) in [4.78, 5) is 28.3. The van der Waals surface area contributed by atoms with Gasteiger partial charge in [0.15, 0.2) is 5.78 Å². The Morgan fingerprint density at radius 2 is 1.94 bits per heavy atom. The summed E-state index contributed by atoms with van der Waals surface area (Å²) in [5, 5.41) is 3.06. The molecule has 2 aliphatic heterocycles. The van der Waals surface area contributed by atoms with Gasteiger partial charge >= 0.3 is 0 Å². The van der Waals surface area contributed by atoms with E-state index >= 15 is 0 Å². The predicted molar refractivity (Wildman–Crippen MR) is 128 cm³/mol. The summed E-state index contributed by atoms with van der Waals surface area (Å²) in [6, 6.07) is 11.5. The second kappa shape index (κ2) is 9.45. The molecule has 2 aromatic carbocycles. The van der Waals surface area contributed by atoms with Crippen LogP contribution in [0.1, 0.15) is 84.7 Å². The molecule has 2 aliphatic rings. The van der Waals surface area contributed by atoms with Gasteiger partial charge in [-0.3, -0.25) is 14.5 Å². The Labute approximate surface area is 191 Å². The van der Waals surface area contributed by atoms with Crippen LogP contribution in [0.3, 0.4) is 0 Å². The highest BCUT2D eigenvalue weighted by atomic mass is 16.5. The van der Waals surface area contributed by atoms with Gasteiger partial charge in [-0.1, -0.05) is 19.9 Å². The summed E-state index contributed by atoms with van der Waals surface area (Å²) in [6.45, 7) is 9.12. The topological polar surface area (TPSA) is 58.6 Å². The molecule has 2 heterocycles. The Morgan fingerprint density at radius 3 is 2.72 bits per heavy atom. The van der Waals surface area contributed by atoms with Gasteiger partial charge in [-0.15, -0.1) is 0 Å². The van der Waals surface area contributed by atoms with Crippen LogP contribution in [0.4, 0.5) is 5.69 Å². The number of nitrogens with one attached hydrogen (secondary N) is 1. The molecule has 1 amide bonds. The average molecular weight is 435 g/mol. The number of hydrogen-bond donors (Lipinski definition) is 1. The van der Waals surface area contributed by atoms with Gasteiger partial charge < -0.3 is 10.1 Å². The zero-order valence-corrected chi connectivity index (χ0v) is 19.5. The number of ketones is 1. The molecule has 5 nitrogen and oxygen atoms in total. The van der Waals surface area contributed by atoms with Crippen molar-refractivity contribution in [2.24, 2.45) is 0 Å². The monoisotopic (exact) mass is 434 g/mol. The molecule has 0 saturated carbocycles. The number of hydrogen-bond acceptors (Lipinski definition) is 4. The number of carbonyl (C=O) groups is 2. The van der Waals surface area contributed by atoms with Crippen LogP contribution < -0.4 is 10.1 Å². The molecule has 0 aromatic heterocycles. The number of rotatable bonds is 8. The third kappa shape index (κ3) is 4.31. The Morgan fingerprint density at radius 1 is 1.09 bits per heavy atom. The van der Waals surface area contributed by atoms with E-state index in [0.717, 1.165) is 44.5 Å². The van der Waals surface area contributed by atoms with Gasteiger partial charge in [0.25, 0.3) is 5.91 Å². The third-order valence-electron chi connectivity index (χ3n) is 6.87. The van der Waals surface area contributed by atoms with Crippen LogP contribution in [0.25, 0.3) is 0 Å². The highest BCUT2D eigenvalue weighted by Gasteiger charge is 2.41. The molecule has 0 bridgehead atoms. The summed E-state index contributed by atoms with van der Waals surface area (Å²) in [6.07, 6.45) is 5.48. The van der Waals surface area contributed by atoms with Crippen molar-refractivity contribution < 1.29 is 14.3 Å². The molecule has 1 N–H and O–H groups in total. The van der Waals surface area contributed by atoms with Crippen LogP contribution in [0.2, 0.25) is 0 Å². The summed E-state index contributed by atoms with van der Waals surface area (Å²) in [7, 11) is 0. The number of nitrogens with zero attached hydrogens (tertiary/aromatic N) is 1. The van der Waals surface area contributed by atoms with Gasteiger partial charge in [0.1, 0.15) is 5.75 Å². The van der Waals surface area contributed by atoms with Crippen LogP contribution >= 0.6 is 0 Å². The van der Waals surface area contributed by atoms with Gasteiger partial charge in [-0.2, -0.15) is 0 Å². The lowest BCUT2D eigenvalue weighted by atomic mass is 9.81. The number of anilines is 1. The van der Waals surface area contributed by atoms with Gasteiger partial charge in [0.05, 0.1) is 12.2 Å². The Balaban J connectivity index is 1.58. The SMILES string of the molecule is CCCOc1ccc(C(=O)Nc2ccc3c(c2)C2(C)CCCN2CC3)cc1C(=O)CCC. The smallest absolute Gasteiger partial charge is 0.255 e. The molecule has 0 radical (unpaired) electrons. The maximum absolute atomic E-state index is 13.1. The zero-order valence-electron chi connectivity index (χ0n) is 19.5. The number of amides is 1. The maximum atomic E-state index is 13.1. The number of carbonyl (C=O) groups excluding carboxylic acids is 2. The van der Waals surface area contributed by atoms with E-state index in [0.29, 0.717) is 29.9 Å². The second-order valence-corrected chi connectivity index (χ2v) is 9.17. The second-order valence-electron chi connectivity index (χ2n) is 9.17. The van der Waals surface area contributed by atoms with E-state index in [1.807, 2.05) is 19.9 Å². The molecule has 170 valence electrons. The minimum Gasteiger partial charge on any atom is -0.493 e. The van der Waals surface area contributed by atoms with E-state index in [4.69, 9.17) is 4.74 Å². The van der Waals surface area contributed by atoms with Crippen LogP contribution in [0.15, 0.2) is 36.4 Å². The van der Waals surface area contributed by atoms with Gasteiger partial charge in [0.2, 0.25) is 0 Å². The van der Waals surface area contributed by atoms with Gasteiger partial charge in [-0.25, -0.2) is 0 Å². The molecule has 0 spiro atoms. The van der Waals surface area contributed by atoms with Crippen molar-refractivity contribution in [2.45, 2.75) is 64.8 Å². The normalized spacial score (nSPS) is 19.8. The fourth-order valence-electron chi connectivity index (χ4n) is 5.10. The molecule has 1 unspecified atom stereocenters. The van der Waals surface area contributed by atoms with E-state index in [9.17, 15) is 9.59 Å². The van der Waals surface area contributed by atoms with E-state index < -0.39 is 0 Å². The molecule has 5 heteroatoms. The predicted octanol–water partition coefficient (Wildman–Crippen LogP) is 5.58. The molecule has 1 saturated heterocycles. The molecule has 32 heavy (non-hydrogen) atoms. The van der Waals surface area contributed by atoms with Crippen molar-refractivity contribution in [1.29, 1.82) is 0 Å². The van der Waals surface area contributed by atoms with Crippen molar-refractivity contribution in [2.75, 3.05) is 25.0 Å². The lowest BCUT2D eigenvalue weighted by Gasteiger charge is -2.41. The van der Waals surface area contributed by atoms with E-state index in [1.54, 1.807) is 18.2 Å². The molecule has 0 aliphatic carbocycles. The van der Waals surface area contributed by atoms with E-state index in [2.05, 4.69) is 29.3 Å². The third-order valence-corrected chi connectivity index (χ3v) is 6.87. The molecule has 2 aromatic rings. The fraction of sp³-hybridized carbons (Fsp3) is 0.481. The van der Waals surface area contributed by atoms with Crippen molar-refractivity contribution in [3.63, 3.8) is 0 Å². The molecular weight excluding hydrogens is 400 g/mol. The zero-order chi connectivity index (χ0) is 22.7. The Kier molecular flexibility index (Phi) is 6.66. The minimum absolute atomic E-state index is 0.0104. The molecule has 1 fully saturated rings. The number of benzene rings is 2. The Bertz CT molecular complexity index is 1020. The van der Waals surface area contributed by atoms with Gasteiger partial charge in [-0.05, 0) is 87.0 Å².